The molecule has 0 saturated carbocycles. The van der Waals surface area contributed by atoms with Crippen LogP contribution in [0, 0.1) is 12.3 Å². The highest BCUT2D eigenvalue weighted by atomic mass is 32.1. The van der Waals surface area contributed by atoms with Crippen LogP contribution in [0.15, 0.2) is 53.9 Å². The zero-order chi connectivity index (χ0) is 19.9. The standard InChI is InChI=1S/C22H19N3O2S/c1-3-20-25-19(14-28-20)22(27)24-13-12-15-8-10-16(11-9-15)17-6-4-5-7-18(17)21(26)23-2/h1,4-11,14H,12-13H2,2H3,(H,23,26)(H,24,27). The van der Waals surface area contributed by atoms with E-state index in [4.69, 9.17) is 6.42 Å². The van der Waals surface area contributed by atoms with E-state index in [9.17, 15) is 9.59 Å². The first-order valence-corrected chi connectivity index (χ1v) is 9.61. The van der Waals surface area contributed by atoms with Gasteiger partial charge in [0.1, 0.15) is 5.69 Å². The molecule has 0 radical (unpaired) electrons. The molecule has 3 rings (SSSR count). The third kappa shape index (κ3) is 4.45. The monoisotopic (exact) mass is 389 g/mol. The molecule has 6 heteroatoms. The molecule has 0 bridgehead atoms. The first kappa shape index (κ1) is 19.3. The summed E-state index contributed by atoms with van der Waals surface area (Å²) >= 11 is 1.28. The van der Waals surface area contributed by atoms with Gasteiger partial charge in [0, 0.05) is 24.5 Å². The maximum atomic E-state index is 12.1. The summed E-state index contributed by atoms with van der Waals surface area (Å²) in [5.74, 6) is 2.08. The van der Waals surface area contributed by atoms with Crippen LogP contribution >= 0.6 is 11.3 Å². The van der Waals surface area contributed by atoms with Crippen LogP contribution in [0.1, 0.15) is 31.4 Å². The molecule has 3 aromatic rings. The van der Waals surface area contributed by atoms with E-state index in [-0.39, 0.29) is 11.8 Å². The van der Waals surface area contributed by atoms with Gasteiger partial charge in [0.2, 0.25) is 0 Å². The minimum Gasteiger partial charge on any atom is -0.355 e. The normalized spacial score (nSPS) is 10.1. The Hall–Kier alpha value is -3.43. The Kier molecular flexibility index (Phi) is 6.20. The van der Waals surface area contributed by atoms with E-state index in [0.717, 1.165) is 16.7 Å². The van der Waals surface area contributed by atoms with Gasteiger partial charge in [-0.05, 0) is 35.1 Å². The average molecular weight is 389 g/mol. The van der Waals surface area contributed by atoms with Gasteiger partial charge in [0.25, 0.3) is 11.8 Å². The Morgan fingerprint density at radius 3 is 2.54 bits per heavy atom. The molecule has 5 nitrogen and oxygen atoms in total. The molecule has 0 aliphatic rings. The number of carbonyl (C=O) groups is 2. The van der Waals surface area contributed by atoms with Crippen LogP contribution in [0.3, 0.4) is 0 Å². The molecule has 0 spiro atoms. The van der Waals surface area contributed by atoms with E-state index in [2.05, 4.69) is 21.5 Å². The van der Waals surface area contributed by atoms with Crippen molar-refractivity contribution < 1.29 is 9.59 Å². The second-order valence-electron chi connectivity index (χ2n) is 6.01. The van der Waals surface area contributed by atoms with E-state index >= 15 is 0 Å². The summed E-state index contributed by atoms with van der Waals surface area (Å²) in [4.78, 5) is 28.2. The summed E-state index contributed by atoms with van der Waals surface area (Å²) in [6, 6.07) is 15.5. The van der Waals surface area contributed by atoms with Gasteiger partial charge in [-0.3, -0.25) is 9.59 Å². The molecule has 1 heterocycles. The van der Waals surface area contributed by atoms with Gasteiger partial charge in [-0.15, -0.1) is 17.8 Å². The molecule has 1 aromatic heterocycles. The molecule has 0 aliphatic carbocycles. The highest BCUT2D eigenvalue weighted by Crippen LogP contribution is 2.24. The lowest BCUT2D eigenvalue weighted by Crippen LogP contribution is -2.26. The highest BCUT2D eigenvalue weighted by molar-refractivity contribution is 7.10. The molecular weight excluding hydrogens is 370 g/mol. The van der Waals surface area contributed by atoms with Crippen LogP contribution in [0.4, 0.5) is 0 Å². The maximum absolute atomic E-state index is 12.1. The topological polar surface area (TPSA) is 71.1 Å². The van der Waals surface area contributed by atoms with Crippen molar-refractivity contribution in [2.24, 2.45) is 0 Å². The number of carbonyl (C=O) groups excluding carboxylic acids is 2. The molecule has 2 amide bonds. The second kappa shape index (κ2) is 8.98. The predicted molar refractivity (Wildman–Crippen MR) is 111 cm³/mol. The van der Waals surface area contributed by atoms with E-state index in [1.807, 2.05) is 48.5 Å². The van der Waals surface area contributed by atoms with Crippen LogP contribution in [0.25, 0.3) is 11.1 Å². The number of hydrogen-bond donors (Lipinski definition) is 2. The summed E-state index contributed by atoms with van der Waals surface area (Å²) < 4.78 is 0. The van der Waals surface area contributed by atoms with Gasteiger partial charge in [0.15, 0.2) is 5.01 Å². The summed E-state index contributed by atoms with van der Waals surface area (Å²) in [6.45, 7) is 0.496. The Morgan fingerprint density at radius 2 is 1.86 bits per heavy atom. The molecular formula is C22H19N3O2S. The van der Waals surface area contributed by atoms with Gasteiger partial charge in [-0.2, -0.15) is 0 Å². The van der Waals surface area contributed by atoms with Crippen molar-refractivity contribution in [1.82, 2.24) is 15.6 Å². The number of rotatable bonds is 6. The SMILES string of the molecule is C#Cc1nc(C(=O)NCCc2ccc(-c3ccccc3C(=O)NC)cc2)cs1. The van der Waals surface area contributed by atoms with Crippen LogP contribution in [-0.2, 0) is 6.42 Å². The Morgan fingerprint density at radius 1 is 1.11 bits per heavy atom. The van der Waals surface area contributed by atoms with Gasteiger partial charge in [-0.25, -0.2) is 4.98 Å². The van der Waals surface area contributed by atoms with E-state index in [0.29, 0.717) is 29.2 Å². The lowest BCUT2D eigenvalue weighted by molar-refractivity contribution is 0.0946. The van der Waals surface area contributed by atoms with Crippen molar-refractivity contribution in [3.8, 4) is 23.5 Å². The third-order valence-corrected chi connectivity index (χ3v) is 5.00. The molecule has 0 fully saturated rings. The number of amides is 2. The van der Waals surface area contributed by atoms with Crippen molar-refractivity contribution in [3.63, 3.8) is 0 Å². The Bertz CT molecular complexity index is 1030. The fourth-order valence-electron chi connectivity index (χ4n) is 2.77. The van der Waals surface area contributed by atoms with Crippen LogP contribution in [0.5, 0.6) is 0 Å². The molecule has 0 atom stereocenters. The van der Waals surface area contributed by atoms with Crippen LogP contribution < -0.4 is 10.6 Å². The third-order valence-electron chi connectivity index (χ3n) is 4.22. The first-order chi connectivity index (χ1) is 13.6. The van der Waals surface area contributed by atoms with Gasteiger partial charge in [0.05, 0.1) is 0 Å². The quantitative estimate of drug-likeness (QED) is 0.637. The highest BCUT2D eigenvalue weighted by Gasteiger charge is 2.11. The number of thiazole rings is 1. The summed E-state index contributed by atoms with van der Waals surface area (Å²) in [6.07, 6.45) is 5.96. The van der Waals surface area contributed by atoms with Crippen molar-refractivity contribution in [1.29, 1.82) is 0 Å². The molecule has 28 heavy (non-hydrogen) atoms. The van der Waals surface area contributed by atoms with Crippen LogP contribution in [0.2, 0.25) is 0 Å². The number of nitrogens with zero attached hydrogens (tertiary/aromatic N) is 1. The smallest absolute Gasteiger partial charge is 0.270 e. The summed E-state index contributed by atoms with van der Waals surface area (Å²) in [5, 5.41) is 7.67. The van der Waals surface area contributed by atoms with Crippen molar-refractivity contribution in [2.75, 3.05) is 13.6 Å². The lowest BCUT2D eigenvalue weighted by Gasteiger charge is -2.09. The first-order valence-electron chi connectivity index (χ1n) is 8.73. The van der Waals surface area contributed by atoms with E-state index in [1.54, 1.807) is 12.4 Å². The fraction of sp³-hybridized carbons (Fsp3) is 0.136. The van der Waals surface area contributed by atoms with Gasteiger partial charge < -0.3 is 10.6 Å². The predicted octanol–water partition coefficient (Wildman–Crippen LogP) is 3.12. The zero-order valence-corrected chi connectivity index (χ0v) is 16.2. The van der Waals surface area contributed by atoms with Crippen molar-refractivity contribution >= 4 is 23.2 Å². The number of hydrogen-bond acceptors (Lipinski definition) is 4. The number of benzene rings is 2. The molecule has 0 saturated heterocycles. The summed E-state index contributed by atoms with van der Waals surface area (Å²) in [5.41, 5.74) is 3.92. The summed E-state index contributed by atoms with van der Waals surface area (Å²) in [7, 11) is 1.62. The van der Waals surface area contributed by atoms with E-state index in [1.165, 1.54) is 11.3 Å². The largest absolute Gasteiger partial charge is 0.355 e. The average Bonchev–Trinajstić information content (AvgIpc) is 3.23. The fourth-order valence-corrected chi connectivity index (χ4v) is 3.38. The molecule has 2 N–H and O–H groups in total. The second-order valence-corrected chi connectivity index (χ2v) is 6.87. The van der Waals surface area contributed by atoms with Gasteiger partial charge in [-0.1, -0.05) is 42.5 Å². The lowest BCUT2D eigenvalue weighted by atomic mass is 9.97. The van der Waals surface area contributed by atoms with Gasteiger partial charge >= 0.3 is 0 Å². The number of nitrogens with one attached hydrogen (secondary N) is 2. The van der Waals surface area contributed by atoms with Crippen molar-refractivity contribution in [3.05, 3.63) is 75.7 Å². The Labute approximate surface area is 167 Å². The molecule has 140 valence electrons. The minimum absolute atomic E-state index is 0.113. The Balaban J connectivity index is 1.62. The molecule has 0 aliphatic heterocycles. The maximum Gasteiger partial charge on any atom is 0.270 e. The minimum atomic E-state index is -0.228. The zero-order valence-electron chi connectivity index (χ0n) is 15.4. The number of terminal acetylenes is 1. The molecule has 0 unspecified atom stereocenters. The van der Waals surface area contributed by atoms with E-state index < -0.39 is 0 Å². The van der Waals surface area contributed by atoms with Crippen LogP contribution in [-0.4, -0.2) is 30.4 Å². The number of aromatic nitrogens is 1. The van der Waals surface area contributed by atoms with Crippen molar-refractivity contribution in [2.45, 2.75) is 6.42 Å². The molecule has 2 aromatic carbocycles.